The number of hydrogen-bond acceptors (Lipinski definition) is 4. The van der Waals surface area contributed by atoms with E-state index in [9.17, 15) is 5.11 Å². The van der Waals surface area contributed by atoms with Crippen LogP contribution in [0.1, 0.15) is 27.2 Å². The zero-order valence-corrected chi connectivity index (χ0v) is 12.5. The molecule has 2 nitrogen and oxygen atoms in total. The van der Waals surface area contributed by atoms with Crippen molar-refractivity contribution in [2.24, 2.45) is 0 Å². The van der Waals surface area contributed by atoms with Gasteiger partial charge in [0.2, 0.25) is 0 Å². The molecule has 1 N–H and O–H groups in total. The van der Waals surface area contributed by atoms with Crippen LogP contribution in [0, 0.1) is 0 Å². The van der Waals surface area contributed by atoms with Gasteiger partial charge in [0.25, 0.3) is 0 Å². The van der Waals surface area contributed by atoms with Gasteiger partial charge in [-0.2, -0.15) is 0 Å². The van der Waals surface area contributed by atoms with Gasteiger partial charge in [-0.25, -0.2) is 4.98 Å². The van der Waals surface area contributed by atoms with Gasteiger partial charge >= 0.3 is 0 Å². The van der Waals surface area contributed by atoms with E-state index in [2.05, 4.69) is 27.9 Å². The predicted molar refractivity (Wildman–Crippen MR) is 84.3 cm³/mol. The van der Waals surface area contributed by atoms with E-state index in [1.54, 1.807) is 22.7 Å². The van der Waals surface area contributed by atoms with Crippen LogP contribution in [0.25, 0.3) is 0 Å². The molecule has 4 heteroatoms. The molecule has 1 unspecified atom stereocenters. The van der Waals surface area contributed by atoms with E-state index in [1.807, 2.05) is 30.3 Å². The Hall–Kier alpha value is -1.49. The quantitative estimate of drug-likeness (QED) is 0.770. The molecule has 102 valence electrons. The van der Waals surface area contributed by atoms with Crippen molar-refractivity contribution in [3.05, 3.63) is 74.4 Å². The first kappa shape index (κ1) is 13.5. The SMILES string of the molecule is OC(Cc1csc(Cc2cccs2)n1)c1ccccc1. The first-order valence-corrected chi connectivity index (χ1v) is 8.26. The molecule has 3 rings (SSSR count). The number of rotatable bonds is 5. The van der Waals surface area contributed by atoms with Crippen LogP contribution >= 0.6 is 22.7 Å². The highest BCUT2D eigenvalue weighted by Gasteiger charge is 2.11. The number of benzene rings is 1. The van der Waals surface area contributed by atoms with Crippen molar-refractivity contribution in [2.75, 3.05) is 0 Å². The number of thiophene rings is 1. The molecular formula is C16H15NOS2. The van der Waals surface area contributed by atoms with E-state index in [0.29, 0.717) is 6.42 Å². The van der Waals surface area contributed by atoms with Crippen molar-refractivity contribution < 1.29 is 5.11 Å². The van der Waals surface area contributed by atoms with E-state index in [1.165, 1.54) is 4.88 Å². The van der Waals surface area contributed by atoms with Crippen LogP contribution in [0.4, 0.5) is 0 Å². The second-order valence-electron chi connectivity index (χ2n) is 4.62. The number of thiazole rings is 1. The third-order valence-corrected chi connectivity index (χ3v) is 4.87. The molecule has 1 aromatic carbocycles. The van der Waals surface area contributed by atoms with Crippen molar-refractivity contribution in [2.45, 2.75) is 18.9 Å². The van der Waals surface area contributed by atoms with Crippen LogP contribution in [0.15, 0.2) is 53.2 Å². The molecule has 3 aromatic rings. The van der Waals surface area contributed by atoms with Gasteiger partial charge in [-0.1, -0.05) is 36.4 Å². The summed E-state index contributed by atoms with van der Waals surface area (Å²) in [6.07, 6.45) is 0.988. The standard InChI is InChI=1S/C16H15NOS2/c18-15(12-5-2-1-3-6-12)9-13-11-20-16(17-13)10-14-7-4-8-19-14/h1-8,11,15,18H,9-10H2. The molecule has 2 heterocycles. The molecule has 0 radical (unpaired) electrons. The Labute approximate surface area is 126 Å². The Balaban J connectivity index is 1.65. The summed E-state index contributed by atoms with van der Waals surface area (Å²) < 4.78 is 0. The van der Waals surface area contributed by atoms with Crippen LogP contribution < -0.4 is 0 Å². The van der Waals surface area contributed by atoms with Crippen molar-refractivity contribution in [3.63, 3.8) is 0 Å². The predicted octanol–water partition coefficient (Wildman–Crippen LogP) is 4.07. The lowest BCUT2D eigenvalue weighted by molar-refractivity contribution is 0.177. The molecule has 2 aromatic heterocycles. The molecule has 0 spiro atoms. The highest BCUT2D eigenvalue weighted by atomic mass is 32.1. The minimum atomic E-state index is -0.479. The first-order valence-electron chi connectivity index (χ1n) is 6.50. The molecule has 0 saturated heterocycles. The van der Waals surface area contributed by atoms with Crippen LogP contribution in [-0.4, -0.2) is 10.1 Å². The normalized spacial score (nSPS) is 12.4. The Morgan fingerprint density at radius 3 is 2.65 bits per heavy atom. The molecule has 0 saturated carbocycles. The van der Waals surface area contributed by atoms with Crippen molar-refractivity contribution >= 4 is 22.7 Å². The molecule has 20 heavy (non-hydrogen) atoms. The van der Waals surface area contributed by atoms with Gasteiger partial charge in [-0.3, -0.25) is 0 Å². The van der Waals surface area contributed by atoms with Gasteiger partial charge in [0, 0.05) is 23.1 Å². The fourth-order valence-electron chi connectivity index (χ4n) is 2.08. The lowest BCUT2D eigenvalue weighted by Crippen LogP contribution is -2.02. The molecule has 0 fully saturated rings. The molecule has 0 amide bonds. The first-order chi connectivity index (χ1) is 9.81. The summed E-state index contributed by atoms with van der Waals surface area (Å²) in [5.74, 6) is 0. The smallest absolute Gasteiger partial charge is 0.0980 e. The number of nitrogens with zero attached hydrogens (tertiary/aromatic N) is 1. The van der Waals surface area contributed by atoms with Crippen molar-refractivity contribution in [3.8, 4) is 0 Å². The van der Waals surface area contributed by atoms with E-state index >= 15 is 0 Å². The van der Waals surface area contributed by atoms with Crippen molar-refractivity contribution in [1.82, 2.24) is 4.98 Å². The maximum atomic E-state index is 10.2. The summed E-state index contributed by atoms with van der Waals surface area (Å²) in [4.78, 5) is 5.94. The molecule has 0 bridgehead atoms. The Morgan fingerprint density at radius 2 is 1.90 bits per heavy atom. The molecular weight excluding hydrogens is 286 g/mol. The number of aromatic nitrogens is 1. The van der Waals surface area contributed by atoms with Gasteiger partial charge in [0.1, 0.15) is 0 Å². The minimum Gasteiger partial charge on any atom is -0.388 e. The Morgan fingerprint density at radius 1 is 1.05 bits per heavy atom. The van der Waals surface area contributed by atoms with Crippen molar-refractivity contribution in [1.29, 1.82) is 0 Å². The zero-order valence-electron chi connectivity index (χ0n) is 10.9. The van der Waals surface area contributed by atoms with Crippen LogP contribution in [0.3, 0.4) is 0 Å². The summed E-state index contributed by atoms with van der Waals surface area (Å²) in [5, 5.41) is 15.5. The lowest BCUT2D eigenvalue weighted by atomic mass is 10.1. The summed E-state index contributed by atoms with van der Waals surface area (Å²) in [5.41, 5.74) is 1.92. The topological polar surface area (TPSA) is 33.1 Å². The highest BCUT2D eigenvalue weighted by molar-refractivity contribution is 7.11. The Bertz CT molecular complexity index is 646. The molecule has 1 atom stereocenters. The number of hydrogen-bond donors (Lipinski definition) is 1. The van der Waals surface area contributed by atoms with Gasteiger partial charge < -0.3 is 5.11 Å². The maximum absolute atomic E-state index is 10.2. The molecule has 0 aliphatic rings. The average Bonchev–Trinajstić information content (AvgIpc) is 3.12. The fourth-order valence-corrected chi connectivity index (χ4v) is 3.71. The van der Waals surface area contributed by atoms with Gasteiger partial charge in [-0.05, 0) is 17.0 Å². The summed E-state index contributed by atoms with van der Waals surface area (Å²) in [6, 6.07) is 13.9. The van der Waals surface area contributed by atoms with Gasteiger partial charge in [-0.15, -0.1) is 22.7 Å². The van der Waals surface area contributed by atoms with E-state index in [-0.39, 0.29) is 0 Å². The molecule has 0 aliphatic heterocycles. The zero-order chi connectivity index (χ0) is 13.8. The highest BCUT2D eigenvalue weighted by Crippen LogP contribution is 2.22. The third-order valence-electron chi connectivity index (χ3n) is 3.09. The fraction of sp³-hybridized carbons (Fsp3) is 0.188. The summed E-state index contributed by atoms with van der Waals surface area (Å²) in [7, 11) is 0. The average molecular weight is 301 g/mol. The van der Waals surface area contributed by atoms with Crippen LogP contribution in [0.5, 0.6) is 0 Å². The maximum Gasteiger partial charge on any atom is 0.0980 e. The summed E-state index contributed by atoms with van der Waals surface area (Å²) >= 11 is 3.42. The summed E-state index contributed by atoms with van der Waals surface area (Å²) in [6.45, 7) is 0. The monoisotopic (exact) mass is 301 g/mol. The second kappa shape index (κ2) is 6.31. The van der Waals surface area contributed by atoms with Gasteiger partial charge in [0.05, 0.1) is 16.8 Å². The van der Waals surface area contributed by atoms with Gasteiger partial charge in [0.15, 0.2) is 0 Å². The van der Waals surface area contributed by atoms with E-state index in [0.717, 1.165) is 22.7 Å². The van der Waals surface area contributed by atoms with Crippen LogP contribution in [-0.2, 0) is 12.8 Å². The minimum absolute atomic E-state index is 0.479. The largest absolute Gasteiger partial charge is 0.388 e. The second-order valence-corrected chi connectivity index (χ2v) is 6.59. The third kappa shape index (κ3) is 3.33. The van der Waals surface area contributed by atoms with E-state index < -0.39 is 6.10 Å². The van der Waals surface area contributed by atoms with E-state index in [4.69, 9.17) is 0 Å². The number of aliphatic hydroxyl groups excluding tert-OH is 1. The molecule has 0 aliphatic carbocycles. The number of aliphatic hydroxyl groups is 1. The van der Waals surface area contributed by atoms with Crippen LogP contribution in [0.2, 0.25) is 0 Å². The lowest BCUT2D eigenvalue weighted by Gasteiger charge is -2.08. The Kier molecular flexibility index (Phi) is 4.25.